The molecule has 2 aliphatic heterocycles. The van der Waals surface area contributed by atoms with E-state index in [0.29, 0.717) is 37.9 Å². The maximum absolute atomic E-state index is 11.6. The number of para-hydroxylation sites is 1. The summed E-state index contributed by atoms with van der Waals surface area (Å²) in [6, 6.07) is 8.02. The van der Waals surface area contributed by atoms with Crippen LogP contribution in [0.25, 0.3) is 5.57 Å². The number of sulfonamides is 1. The Balaban J connectivity index is 1.63. The van der Waals surface area contributed by atoms with E-state index in [-0.39, 0.29) is 0 Å². The predicted molar refractivity (Wildman–Crippen MR) is 103 cm³/mol. The number of ether oxygens (including phenoxy) is 1. The average molecular weight is 382 g/mol. The summed E-state index contributed by atoms with van der Waals surface area (Å²) < 4.78 is 30.4. The van der Waals surface area contributed by atoms with Crippen molar-refractivity contribution in [2.45, 2.75) is 12.8 Å². The molecule has 0 radical (unpaired) electrons. The maximum Gasteiger partial charge on any atom is 0.211 e. The Kier molecular flexibility index (Phi) is 5.61. The second kappa shape index (κ2) is 7.72. The van der Waals surface area contributed by atoms with Gasteiger partial charge >= 0.3 is 0 Å². The van der Waals surface area contributed by atoms with Gasteiger partial charge in [0.25, 0.3) is 0 Å². The van der Waals surface area contributed by atoms with Crippen LogP contribution in [-0.4, -0.2) is 61.8 Å². The molecule has 6 nitrogen and oxygen atoms in total. The van der Waals surface area contributed by atoms with Crippen molar-refractivity contribution in [3.8, 4) is 5.75 Å². The molecule has 1 aromatic carbocycles. The summed E-state index contributed by atoms with van der Waals surface area (Å²) in [6.07, 6.45) is 5.09. The Bertz CT molecular complexity index is 769. The highest BCUT2D eigenvalue weighted by Crippen LogP contribution is 2.31. The van der Waals surface area contributed by atoms with Crippen LogP contribution >= 0.6 is 12.2 Å². The van der Waals surface area contributed by atoms with E-state index in [1.807, 2.05) is 29.3 Å². The zero-order chi connectivity index (χ0) is 17.9. The summed E-state index contributed by atoms with van der Waals surface area (Å²) in [5.74, 6) is 0.903. The summed E-state index contributed by atoms with van der Waals surface area (Å²) in [4.78, 5) is 2.01. The molecule has 1 N–H and O–H groups in total. The van der Waals surface area contributed by atoms with Crippen molar-refractivity contribution in [3.05, 3.63) is 36.0 Å². The van der Waals surface area contributed by atoms with Crippen LogP contribution in [0.2, 0.25) is 0 Å². The number of piperazine rings is 1. The van der Waals surface area contributed by atoms with Gasteiger partial charge < -0.3 is 15.0 Å². The molecule has 0 unspecified atom stereocenters. The monoisotopic (exact) mass is 381 g/mol. The molecule has 0 aromatic heterocycles. The van der Waals surface area contributed by atoms with E-state index >= 15 is 0 Å². The van der Waals surface area contributed by atoms with Crippen molar-refractivity contribution in [1.29, 1.82) is 0 Å². The summed E-state index contributed by atoms with van der Waals surface area (Å²) in [7, 11) is -3.12. The first-order valence-corrected chi connectivity index (χ1v) is 10.6. The molecule has 0 spiro atoms. The minimum atomic E-state index is -3.12. The number of hydrogen-bond acceptors (Lipinski definition) is 4. The van der Waals surface area contributed by atoms with Gasteiger partial charge in [0.2, 0.25) is 10.0 Å². The zero-order valence-electron chi connectivity index (χ0n) is 14.3. The Morgan fingerprint density at radius 1 is 1.24 bits per heavy atom. The van der Waals surface area contributed by atoms with Crippen molar-refractivity contribution in [2.24, 2.45) is 0 Å². The van der Waals surface area contributed by atoms with Crippen molar-refractivity contribution in [3.63, 3.8) is 0 Å². The zero-order valence-corrected chi connectivity index (χ0v) is 15.9. The topological polar surface area (TPSA) is 61.9 Å². The lowest BCUT2D eigenvalue weighted by atomic mass is 10.0. The Hall–Kier alpha value is -1.64. The van der Waals surface area contributed by atoms with Crippen LogP contribution in [-0.2, 0) is 10.0 Å². The molecule has 2 aliphatic rings. The third-order valence-electron chi connectivity index (χ3n) is 4.45. The molecule has 136 valence electrons. The number of thiocarbonyl (C=S) groups is 1. The van der Waals surface area contributed by atoms with Crippen molar-refractivity contribution in [1.82, 2.24) is 14.5 Å². The molecule has 1 fully saturated rings. The number of rotatable bonds is 2. The largest absolute Gasteiger partial charge is 0.493 e. The first-order chi connectivity index (χ1) is 11.9. The highest BCUT2D eigenvalue weighted by atomic mass is 32.2. The second-order valence-electron chi connectivity index (χ2n) is 6.22. The van der Waals surface area contributed by atoms with E-state index in [1.54, 1.807) is 0 Å². The number of hydrogen-bond donors (Lipinski definition) is 1. The third kappa shape index (κ3) is 4.50. The Morgan fingerprint density at radius 3 is 2.68 bits per heavy atom. The van der Waals surface area contributed by atoms with E-state index in [9.17, 15) is 8.42 Å². The molecule has 8 heteroatoms. The Morgan fingerprint density at radius 2 is 1.96 bits per heavy atom. The molecule has 0 atom stereocenters. The summed E-state index contributed by atoms with van der Waals surface area (Å²) in [5.41, 5.74) is 2.27. The summed E-state index contributed by atoms with van der Waals surface area (Å²) >= 11 is 5.48. The molecule has 0 amide bonds. The quantitative estimate of drug-likeness (QED) is 0.786. The number of benzene rings is 1. The van der Waals surface area contributed by atoms with Crippen LogP contribution in [0.15, 0.2) is 30.5 Å². The molecule has 1 aromatic rings. The standard InChI is InChI=1S/C17H23N3O3S2/c1-25(21,22)20-10-8-19(9-11-20)17(24)18-13-14-5-4-12-23-16-7-3-2-6-15(14)16/h2-3,6-7,13H,4-5,8-12H2,1H3,(H,18,24)/b14-13-. The minimum absolute atomic E-state index is 0.466. The van der Waals surface area contributed by atoms with Crippen molar-refractivity contribution < 1.29 is 13.2 Å². The number of fused-ring (bicyclic) bond motifs is 1. The van der Waals surface area contributed by atoms with Crippen molar-refractivity contribution in [2.75, 3.05) is 39.0 Å². The number of nitrogens with zero attached hydrogens (tertiary/aromatic N) is 2. The fourth-order valence-electron chi connectivity index (χ4n) is 3.05. The molecule has 0 aliphatic carbocycles. The fourth-order valence-corrected chi connectivity index (χ4v) is 4.12. The van der Waals surface area contributed by atoms with Gasteiger partial charge in [-0.15, -0.1) is 0 Å². The van der Waals surface area contributed by atoms with Gasteiger partial charge in [-0.25, -0.2) is 8.42 Å². The van der Waals surface area contributed by atoms with Crippen LogP contribution in [0.1, 0.15) is 18.4 Å². The summed E-state index contributed by atoms with van der Waals surface area (Å²) in [6.45, 7) is 2.84. The number of allylic oxidation sites excluding steroid dienone is 1. The first-order valence-electron chi connectivity index (χ1n) is 8.37. The maximum atomic E-state index is 11.6. The van der Waals surface area contributed by atoms with Crippen LogP contribution < -0.4 is 10.1 Å². The average Bonchev–Trinajstić information content (AvgIpc) is 2.81. The molecule has 0 saturated carbocycles. The lowest BCUT2D eigenvalue weighted by molar-refractivity contribution is 0.266. The normalized spacial score (nSPS) is 20.5. The van der Waals surface area contributed by atoms with E-state index in [1.165, 1.54) is 16.1 Å². The van der Waals surface area contributed by atoms with Crippen LogP contribution in [0, 0.1) is 0 Å². The van der Waals surface area contributed by atoms with Gasteiger partial charge in [-0.3, -0.25) is 0 Å². The van der Waals surface area contributed by atoms with Gasteiger partial charge in [-0.1, -0.05) is 18.2 Å². The van der Waals surface area contributed by atoms with Crippen LogP contribution in [0.5, 0.6) is 5.75 Å². The first kappa shape index (κ1) is 18.2. The summed E-state index contributed by atoms with van der Waals surface area (Å²) in [5, 5.41) is 3.84. The third-order valence-corrected chi connectivity index (χ3v) is 6.13. The van der Waals surface area contributed by atoms with Gasteiger partial charge in [-0.05, 0) is 36.7 Å². The van der Waals surface area contributed by atoms with E-state index in [2.05, 4.69) is 11.4 Å². The second-order valence-corrected chi connectivity index (χ2v) is 8.59. The van der Waals surface area contributed by atoms with Gasteiger partial charge in [0, 0.05) is 37.9 Å². The number of nitrogens with one attached hydrogen (secondary N) is 1. The molecule has 2 heterocycles. The van der Waals surface area contributed by atoms with E-state index < -0.39 is 10.0 Å². The van der Waals surface area contributed by atoms with Gasteiger partial charge in [0.1, 0.15) is 5.75 Å². The highest BCUT2D eigenvalue weighted by Gasteiger charge is 2.24. The van der Waals surface area contributed by atoms with Crippen LogP contribution in [0.3, 0.4) is 0 Å². The van der Waals surface area contributed by atoms with E-state index in [0.717, 1.165) is 24.2 Å². The van der Waals surface area contributed by atoms with E-state index in [4.69, 9.17) is 17.0 Å². The fraction of sp³-hybridized carbons (Fsp3) is 0.471. The molecular formula is C17H23N3O3S2. The van der Waals surface area contributed by atoms with Gasteiger partial charge in [0.05, 0.1) is 12.9 Å². The van der Waals surface area contributed by atoms with Gasteiger partial charge in [0.15, 0.2) is 5.11 Å². The van der Waals surface area contributed by atoms with Crippen molar-refractivity contribution >= 4 is 32.9 Å². The molecule has 25 heavy (non-hydrogen) atoms. The lowest BCUT2D eigenvalue weighted by Gasteiger charge is -2.34. The molecule has 0 bridgehead atoms. The van der Waals surface area contributed by atoms with Crippen LogP contribution in [0.4, 0.5) is 0 Å². The lowest BCUT2D eigenvalue weighted by Crippen LogP contribution is -2.52. The SMILES string of the molecule is CS(=O)(=O)N1CCN(C(=S)N/C=C2/CCCOc3ccccc32)CC1. The molecule has 3 rings (SSSR count). The Labute approximate surface area is 154 Å². The molecular weight excluding hydrogens is 358 g/mol. The minimum Gasteiger partial charge on any atom is -0.493 e. The molecule has 1 saturated heterocycles. The van der Waals surface area contributed by atoms with Gasteiger partial charge in [-0.2, -0.15) is 4.31 Å². The smallest absolute Gasteiger partial charge is 0.211 e. The predicted octanol–water partition coefficient (Wildman–Crippen LogP) is 1.65. The highest BCUT2D eigenvalue weighted by molar-refractivity contribution is 7.88.